The monoisotopic (exact) mass is 256 g/mol. The maximum absolute atomic E-state index is 11.2. The number of carbonyl (C=O) groups is 1. The van der Waals surface area contributed by atoms with Crippen LogP contribution < -0.4 is 0 Å². The van der Waals surface area contributed by atoms with Crippen molar-refractivity contribution in [2.24, 2.45) is 7.05 Å². The zero-order valence-electron chi connectivity index (χ0n) is 10.5. The molecule has 3 aromatic rings. The van der Waals surface area contributed by atoms with Gasteiger partial charge in [-0.05, 0) is 24.6 Å². The van der Waals surface area contributed by atoms with Gasteiger partial charge in [-0.15, -0.1) is 0 Å². The van der Waals surface area contributed by atoms with Crippen molar-refractivity contribution in [1.29, 1.82) is 0 Å². The largest absolute Gasteiger partial charge is 0.478 e. The Bertz CT molecular complexity index is 783. The molecular weight excluding hydrogens is 244 g/mol. The lowest BCUT2D eigenvalue weighted by Crippen LogP contribution is -1.99. The van der Waals surface area contributed by atoms with Gasteiger partial charge in [0.15, 0.2) is 5.76 Å². The summed E-state index contributed by atoms with van der Waals surface area (Å²) in [7, 11) is 1.70. The molecule has 0 aliphatic carbocycles. The van der Waals surface area contributed by atoms with E-state index in [1.807, 2.05) is 31.2 Å². The van der Waals surface area contributed by atoms with E-state index in [0.717, 1.165) is 16.5 Å². The zero-order chi connectivity index (χ0) is 13.6. The molecule has 0 amide bonds. The van der Waals surface area contributed by atoms with Crippen LogP contribution in [0.15, 0.2) is 34.9 Å². The highest BCUT2D eigenvalue weighted by molar-refractivity contribution is 5.95. The fraction of sp³-hybridized carbons (Fsp3) is 0.143. The first-order chi connectivity index (χ1) is 9.08. The highest BCUT2D eigenvalue weighted by atomic mass is 16.4. The highest BCUT2D eigenvalue weighted by Gasteiger charge is 2.20. The molecular formula is C14H12N2O3. The standard InChI is InChI=1S/C14H12N2O3/c1-8-4-3-5-11-9(8)6-12(19-11)13-10(14(17)18)7-15-16(13)2/h3-7H,1-2H3,(H,17,18). The Morgan fingerprint density at radius 3 is 2.89 bits per heavy atom. The van der Waals surface area contributed by atoms with Crippen LogP contribution >= 0.6 is 0 Å². The van der Waals surface area contributed by atoms with Crippen LogP contribution in [-0.2, 0) is 7.05 Å². The Hall–Kier alpha value is -2.56. The van der Waals surface area contributed by atoms with E-state index >= 15 is 0 Å². The number of nitrogens with zero attached hydrogens (tertiary/aromatic N) is 2. The van der Waals surface area contributed by atoms with Gasteiger partial charge < -0.3 is 9.52 Å². The third kappa shape index (κ3) is 1.71. The van der Waals surface area contributed by atoms with Crippen LogP contribution in [-0.4, -0.2) is 20.9 Å². The normalized spacial score (nSPS) is 11.1. The summed E-state index contributed by atoms with van der Waals surface area (Å²) in [5.41, 5.74) is 2.45. The van der Waals surface area contributed by atoms with Crippen molar-refractivity contribution in [3.8, 4) is 11.5 Å². The number of aryl methyl sites for hydroxylation is 2. The Kier molecular flexibility index (Phi) is 2.41. The maximum atomic E-state index is 11.2. The number of carboxylic acid groups (broad SMARTS) is 1. The van der Waals surface area contributed by atoms with Gasteiger partial charge in [-0.1, -0.05) is 12.1 Å². The van der Waals surface area contributed by atoms with E-state index in [-0.39, 0.29) is 5.56 Å². The molecule has 0 saturated heterocycles. The summed E-state index contributed by atoms with van der Waals surface area (Å²) in [4.78, 5) is 11.2. The minimum absolute atomic E-state index is 0.138. The molecule has 0 spiro atoms. The fourth-order valence-corrected chi connectivity index (χ4v) is 2.21. The van der Waals surface area contributed by atoms with Crippen molar-refractivity contribution < 1.29 is 14.3 Å². The highest BCUT2D eigenvalue weighted by Crippen LogP contribution is 2.31. The van der Waals surface area contributed by atoms with Crippen molar-refractivity contribution in [3.63, 3.8) is 0 Å². The first kappa shape index (κ1) is 11.5. The third-order valence-corrected chi connectivity index (χ3v) is 3.18. The predicted molar refractivity (Wildman–Crippen MR) is 70.1 cm³/mol. The molecule has 5 nitrogen and oxygen atoms in total. The number of rotatable bonds is 2. The van der Waals surface area contributed by atoms with Crippen molar-refractivity contribution >= 4 is 16.9 Å². The van der Waals surface area contributed by atoms with E-state index in [1.54, 1.807) is 7.05 Å². The summed E-state index contributed by atoms with van der Waals surface area (Å²) in [5, 5.41) is 14.1. The second kappa shape index (κ2) is 3.98. The summed E-state index contributed by atoms with van der Waals surface area (Å²) in [6.45, 7) is 1.99. The lowest BCUT2D eigenvalue weighted by molar-refractivity contribution is 0.0697. The SMILES string of the molecule is Cc1cccc2oc(-c3c(C(=O)O)cnn3C)cc12. The molecule has 0 unspecified atom stereocenters. The molecule has 0 fully saturated rings. The number of hydrogen-bond donors (Lipinski definition) is 1. The topological polar surface area (TPSA) is 68.3 Å². The zero-order valence-corrected chi connectivity index (χ0v) is 10.5. The average molecular weight is 256 g/mol. The molecule has 2 aromatic heterocycles. The van der Waals surface area contributed by atoms with Crippen LogP contribution in [0.1, 0.15) is 15.9 Å². The molecule has 1 N–H and O–H groups in total. The lowest BCUT2D eigenvalue weighted by atomic mass is 10.1. The number of furan rings is 1. The second-order valence-electron chi connectivity index (χ2n) is 4.43. The second-order valence-corrected chi connectivity index (χ2v) is 4.43. The molecule has 0 radical (unpaired) electrons. The molecule has 19 heavy (non-hydrogen) atoms. The molecule has 96 valence electrons. The Balaban J connectivity index is 2.28. The van der Waals surface area contributed by atoms with Crippen molar-refractivity contribution in [2.45, 2.75) is 6.92 Å². The minimum Gasteiger partial charge on any atom is -0.478 e. The number of carboxylic acids is 1. The van der Waals surface area contributed by atoms with Crippen LogP contribution in [0.3, 0.4) is 0 Å². The van der Waals surface area contributed by atoms with Crippen molar-refractivity contribution in [3.05, 3.63) is 41.6 Å². The molecule has 0 bridgehead atoms. The fourth-order valence-electron chi connectivity index (χ4n) is 2.21. The van der Waals surface area contributed by atoms with Gasteiger partial charge in [0.25, 0.3) is 0 Å². The van der Waals surface area contributed by atoms with Gasteiger partial charge in [-0.25, -0.2) is 4.79 Å². The molecule has 0 atom stereocenters. The summed E-state index contributed by atoms with van der Waals surface area (Å²) in [6, 6.07) is 7.62. The summed E-state index contributed by atoms with van der Waals surface area (Å²) >= 11 is 0. The van der Waals surface area contributed by atoms with Crippen LogP contribution in [0, 0.1) is 6.92 Å². The molecule has 1 aromatic carbocycles. The Morgan fingerprint density at radius 1 is 1.42 bits per heavy atom. The first-order valence-corrected chi connectivity index (χ1v) is 5.83. The van der Waals surface area contributed by atoms with E-state index in [0.29, 0.717) is 11.5 Å². The summed E-state index contributed by atoms with van der Waals surface area (Å²) in [5.74, 6) is -0.498. The van der Waals surface area contributed by atoms with E-state index < -0.39 is 5.97 Å². The molecule has 3 rings (SSSR count). The van der Waals surface area contributed by atoms with Crippen LogP contribution in [0.25, 0.3) is 22.4 Å². The minimum atomic E-state index is -1.01. The maximum Gasteiger partial charge on any atom is 0.339 e. The van der Waals surface area contributed by atoms with Gasteiger partial charge in [0.2, 0.25) is 0 Å². The predicted octanol–water partition coefficient (Wildman–Crippen LogP) is 2.84. The first-order valence-electron chi connectivity index (χ1n) is 5.83. The average Bonchev–Trinajstić information content (AvgIpc) is 2.92. The summed E-state index contributed by atoms with van der Waals surface area (Å²) in [6.07, 6.45) is 1.33. The van der Waals surface area contributed by atoms with Crippen LogP contribution in [0.4, 0.5) is 0 Å². The quantitative estimate of drug-likeness (QED) is 0.765. The Morgan fingerprint density at radius 2 is 2.21 bits per heavy atom. The number of aromatic carboxylic acids is 1. The Labute approximate surface area is 109 Å². The van der Waals surface area contributed by atoms with Gasteiger partial charge >= 0.3 is 5.97 Å². The number of hydrogen-bond acceptors (Lipinski definition) is 3. The van der Waals surface area contributed by atoms with Crippen LogP contribution in [0.5, 0.6) is 0 Å². The lowest BCUT2D eigenvalue weighted by Gasteiger charge is -1.99. The van der Waals surface area contributed by atoms with Gasteiger partial charge in [0.05, 0.1) is 6.20 Å². The van der Waals surface area contributed by atoms with Crippen LogP contribution in [0.2, 0.25) is 0 Å². The molecule has 0 saturated carbocycles. The van der Waals surface area contributed by atoms with Crippen molar-refractivity contribution in [1.82, 2.24) is 9.78 Å². The van der Waals surface area contributed by atoms with E-state index in [9.17, 15) is 9.90 Å². The van der Waals surface area contributed by atoms with E-state index in [1.165, 1.54) is 10.9 Å². The summed E-state index contributed by atoms with van der Waals surface area (Å²) < 4.78 is 7.25. The van der Waals surface area contributed by atoms with Gasteiger partial charge in [0, 0.05) is 12.4 Å². The van der Waals surface area contributed by atoms with Crippen molar-refractivity contribution in [2.75, 3.05) is 0 Å². The smallest absolute Gasteiger partial charge is 0.339 e. The molecule has 2 heterocycles. The van der Waals surface area contributed by atoms with Gasteiger partial charge in [0.1, 0.15) is 16.8 Å². The molecule has 0 aliphatic heterocycles. The van der Waals surface area contributed by atoms with E-state index in [2.05, 4.69) is 5.10 Å². The van der Waals surface area contributed by atoms with Gasteiger partial charge in [-0.2, -0.15) is 5.10 Å². The number of aromatic nitrogens is 2. The van der Waals surface area contributed by atoms with E-state index in [4.69, 9.17) is 4.42 Å². The molecule has 0 aliphatic rings. The number of benzene rings is 1. The third-order valence-electron chi connectivity index (χ3n) is 3.18. The number of fused-ring (bicyclic) bond motifs is 1. The van der Waals surface area contributed by atoms with Gasteiger partial charge in [-0.3, -0.25) is 4.68 Å². The molecule has 5 heteroatoms.